The molecular weight excluding hydrogens is 1160 g/mol. The second-order valence-corrected chi connectivity index (χ2v) is 23.0. The number of hydrogen-bond donors (Lipinski definition) is 8. The van der Waals surface area contributed by atoms with Crippen LogP contribution in [-0.2, 0) is 70.8 Å². The minimum absolute atomic E-state index is 0.00545. The number of aromatic nitrogens is 4. The number of anilines is 1. The summed E-state index contributed by atoms with van der Waals surface area (Å²) in [6.07, 6.45) is 8.16. The third kappa shape index (κ3) is 23.7. The number of hydrogen-bond acceptors (Lipinski definition) is 16. The number of aliphatic hydroxyl groups excluding tert-OH is 2. The summed E-state index contributed by atoms with van der Waals surface area (Å²) in [7, 11) is 1.46. The molecule has 2 aliphatic rings. The van der Waals surface area contributed by atoms with Gasteiger partial charge in [-0.25, -0.2) is 24.1 Å². The number of primary amides is 1. The van der Waals surface area contributed by atoms with Crippen molar-refractivity contribution in [1.82, 2.24) is 40.8 Å². The predicted molar refractivity (Wildman–Crippen MR) is 342 cm³/mol. The average molecular weight is 1250 g/mol. The van der Waals surface area contributed by atoms with Crippen molar-refractivity contribution in [3.8, 4) is 23.2 Å². The van der Waals surface area contributed by atoms with E-state index in [0.717, 1.165) is 52.8 Å². The molecule has 9 N–H and O–H groups in total. The number of nitrogens with one attached hydrogen (secondary N) is 5. The predicted octanol–water partition coefficient (Wildman–Crippen LogP) is 7.43. The van der Waals surface area contributed by atoms with E-state index in [2.05, 4.69) is 73.9 Å². The maximum absolute atomic E-state index is 14.5. The zero-order valence-corrected chi connectivity index (χ0v) is 54.4. The number of aryl methyl sites for hydroxylation is 2. The molecule has 7 rings (SSSR count). The maximum atomic E-state index is 14.5. The van der Waals surface area contributed by atoms with Crippen LogP contribution in [0.4, 0.5) is 14.9 Å². The molecular formula is C65H89FN10O12S. The van der Waals surface area contributed by atoms with Gasteiger partial charge in [-0.15, -0.1) is 0 Å². The molecule has 1 aliphatic heterocycles. The lowest BCUT2D eigenvalue weighted by Crippen LogP contribution is -2.50. The number of pyridine rings is 2. The van der Waals surface area contributed by atoms with Crippen molar-refractivity contribution in [2.75, 3.05) is 38.4 Å². The number of amides is 6. The van der Waals surface area contributed by atoms with Crippen LogP contribution in [0.2, 0.25) is 0 Å². The van der Waals surface area contributed by atoms with Gasteiger partial charge >= 0.3 is 6.09 Å². The number of carbonyl (C=O) groups excluding carboxylic acids is 7. The molecule has 2 atom stereocenters. The lowest BCUT2D eigenvalue weighted by molar-refractivity contribution is -0.130. The van der Waals surface area contributed by atoms with E-state index in [1.807, 2.05) is 47.8 Å². The fourth-order valence-corrected chi connectivity index (χ4v) is 9.42. The molecule has 1 aliphatic carbocycles. The highest BCUT2D eigenvalue weighted by atomic mass is 32.2. The second kappa shape index (κ2) is 37.7. The van der Waals surface area contributed by atoms with Gasteiger partial charge in [0.2, 0.25) is 29.5 Å². The number of benzene rings is 2. The smallest absolute Gasteiger partial charge is 0.404 e. The summed E-state index contributed by atoms with van der Waals surface area (Å²) in [5.41, 5.74) is 12.0. The van der Waals surface area contributed by atoms with Gasteiger partial charge in [-0.3, -0.25) is 28.8 Å². The number of rotatable bonds is 22. The van der Waals surface area contributed by atoms with E-state index in [4.69, 9.17) is 20.6 Å². The topological polar surface area (TPSA) is 325 Å². The monoisotopic (exact) mass is 1250 g/mol. The minimum Gasteiger partial charge on any atom is -0.445 e. The van der Waals surface area contributed by atoms with Crippen molar-refractivity contribution in [3.63, 3.8) is 0 Å². The molecule has 22 nitrogen and oxygen atoms in total. The van der Waals surface area contributed by atoms with E-state index in [0.29, 0.717) is 77.4 Å². The molecule has 5 aromatic rings. The molecule has 0 bridgehead atoms. The van der Waals surface area contributed by atoms with Crippen LogP contribution >= 0.6 is 11.8 Å². The van der Waals surface area contributed by atoms with E-state index < -0.39 is 35.6 Å². The number of fused-ring (bicyclic) bond motifs is 4. The number of aldehydes is 1. The van der Waals surface area contributed by atoms with Crippen LogP contribution < -0.4 is 37.9 Å². The van der Waals surface area contributed by atoms with Gasteiger partial charge in [0, 0.05) is 84.7 Å². The molecule has 484 valence electrons. The lowest BCUT2D eigenvalue weighted by atomic mass is 9.85. The molecule has 4 heterocycles. The Labute approximate surface area is 525 Å². The molecule has 0 radical (unpaired) electrons. The Morgan fingerprint density at radius 3 is 2.15 bits per heavy atom. The first-order valence-corrected chi connectivity index (χ1v) is 30.9. The summed E-state index contributed by atoms with van der Waals surface area (Å²) in [4.78, 5) is 107. The van der Waals surface area contributed by atoms with Crippen molar-refractivity contribution in [2.45, 2.75) is 170 Å². The number of nitrogens with zero attached hydrogens (tertiary/aromatic N) is 4. The molecule has 0 saturated carbocycles. The van der Waals surface area contributed by atoms with Crippen LogP contribution in [0.25, 0.3) is 22.3 Å². The third-order valence-electron chi connectivity index (χ3n) is 13.4. The Morgan fingerprint density at radius 2 is 1.56 bits per heavy atom. The molecule has 2 aromatic carbocycles. The van der Waals surface area contributed by atoms with Crippen LogP contribution in [0.3, 0.4) is 0 Å². The Balaban J connectivity index is 0.000000335. The number of methoxy groups -OCH3 is 1. The minimum atomic E-state index is -1.43. The van der Waals surface area contributed by atoms with Gasteiger partial charge in [-0.1, -0.05) is 91.1 Å². The zero-order valence-electron chi connectivity index (χ0n) is 53.5. The van der Waals surface area contributed by atoms with Crippen molar-refractivity contribution in [2.24, 2.45) is 17.6 Å². The van der Waals surface area contributed by atoms with E-state index in [9.17, 15) is 47.9 Å². The number of halogens is 1. The fourth-order valence-electron chi connectivity index (χ4n) is 9.10. The van der Waals surface area contributed by atoms with Crippen LogP contribution in [-0.4, -0.2) is 116 Å². The van der Waals surface area contributed by atoms with Crippen molar-refractivity contribution < 1.29 is 57.6 Å². The first-order valence-electron chi connectivity index (χ1n) is 29.7. The molecule has 2 unspecified atom stereocenters. The molecule has 0 fully saturated rings. The van der Waals surface area contributed by atoms with Crippen molar-refractivity contribution >= 4 is 70.3 Å². The van der Waals surface area contributed by atoms with Crippen LogP contribution in [0, 0.1) is 36.4 Å². The highest BCUT2D eigenvalue weighted by molar-refractivity contribution is 7.98. The molecule has 6 amide bonds. The summed E-state index contributed by atoms with van der Waals surface area (Å²) >= 11 is 1.47. The normalized spacial score (nSPS) is 12.2. The summed E-state index contributed by atoms with van der Waals surface area (Å²) in [6, 6.07) is 9.02. The van der Waals surface area contributed by atoms with Gasteiger partial charge in [-0.2, -0.15) is 0 Å². The van der Waals surface area contributed by atoms with E-state index in [1.54, 1.807) is 61.1 Å². The summed E-state index contributed by atoms with van der Waals surface area (Å²) in [5, 5.41) is 34.0. The maximum Gasteiger partial charge on any atom is 0.404 e. The van der Waals surface area contributed by atoms with Gasteiger partial charge in [0.25, 0.3) is 5.56 Å². The van der Waals surface area contributed by atoms with Gasteiger partial charge in [-0.05, 0) is 111 Å². The number of ether oxygens (including phenoxy) is 2. The first kappa shape index (κ1) is 75.1. The van der Waals surface area contributed by atoms with E-state index in [-0.39, 0.29) is 85.5 Å². The number of carbonyl (C=O) groups is 7. The first-order chi connectivity index (χ1) is 42.3. The van der Waals surface area contributed by atoms with E-state index >= 15 is 0 Å². The van der Waals surface area contributed by atoms with E-state index in [1.165, 1.54) is 24.9 Å². The molecule has 3 aromatic heterocycles. The highest BCUT2D eigenvalue weighted by Crippen LogP contribution is 2.41. The standard InChI is InChI=1S/C23H21FN2O4.C18H26N4O5.C18H26N4O3S.C4H10.C2H6/c1-11-12-4-3-5-13-15-8-26-19(22(15)25-18(21(12)13)7-17(11)24)6-14(20(28)9-27)16(10-30-2)23(26)29;1-4-14(23)22-16(11(2)3)17(25)20-9-15(24)21-13-7-5-12(6-8-13)10-27-18(19)26;1-18(2,9-10-23)22-16(25)13-19-15(24)8-6-4-5-7-14-11-20-17(26-3)21-12-14;1-4(2)3;1-2/h6-7,9,20,28H,3-5,8,10H2,1-2H3;5-8,11,16H,4,9-10H2,1-3H3,(H2,19,26)(H,20,25)(H,21,24)(H,22,23);11-12,23H,4,6,8-10,13H2,1-3H3,(H,19,24)(H,22,25);4H,1-3H3;1-2H3. The van der Waals surface area contributed by atoms with Gasteiger partial charge in [0.05, 0.1) is 48.7 Å². The summed E-state index contributed by atoms with van der Waals surface area (Å²) in [5.74, 6) is 4.87. The van der Waals surface area contributed by atoms with Gasteiger partial charge < -0.3 is 61.4 Å². The molecule has 89 heavy (non-hydrogen) atoms. The molecule has 0 spiro atoms. The van der Waals surface area contributed by atoms with Gasteiger partial charge in [0.15, 0.2) is 11.4 Å². The Kier molecular flexibility index (Phi) is 31.8. The van der Waals surface area contributed by atoms with Crippen LogP contribution in [0.5, 0.6) is 0 Å². The number of thioether (sulfide) groups is 1. The average Bonchev–Trinajstić information content (AvgIpc) is 1.64. The van der Waals surface area contributed by atoms with Gasteiger partial charge in [0.1, 0.15) is 24.6 Å². The Bertz CT molecular complexity index is 3340. The molecule has 24 heteroatoms. The van der Waals surface area contributed by atoms with Crippen LogP contribution in [0.1, 0.15) is 158 Å². The number of aliphatic hydroxyl groups is 2. The van der Waals surface area contributed by atoms with Crippen LogP contribution in [0.15, 0.2) is 58.7 Å². The Hall–Kier alpha value is -8.11. The third-order valence-corrected chi connectivity index (χ3v) is 14.0. The lowest BCUT2D eigenvalue weighted by Gasteiger charge is -2.25. The highest BCUT2D eigenvalue weighted by Gasteiger charge is 2.32. The van der Waals surface area contributed by atoms with Crippen molar-refractivity contribution in [1.29, 1.82) is 0 Å². The second-order valence-electron chi connectivity index (χ2n) is 22.2. The fraction of sp³-hybridized carbons (Fsp3) is 0.492. The number of unbranched alkanes of at least 4 members (excludes halogenated alkanes) is 1. The zero-order chi connectivity index (χ0) is 66.5. The summed E-state index contributed by atoms with van der Waals surface area (Å²) in [6.45, 7) is 21.4. The number of nitrogens with two attached hydrogens (primary N) is 1. The quantitative estimate of drug-likeness (QED) is 0.0108. The molecule has 0 saturated heterocycles. The SMILES string of the molecule is CC.CC(C)C.CCC(=O)NC(C(=O)NCC(=O)Nc1ccc(COC(N)=O)cc1)C(C)C.COCc1c(C(O)C=O)cc2n(c1=O)Cc1c-2nc2cc(F)c(C)c3c2c1CCC3.CSc1ncc(C#CCCCC(=O)NCC(=O)NC(C)(C)CCO)cn1. The summed E-state index contributed by atoms with van der Waals surface area (Å²) < 4.78 is 26.0. The van der Waals surface area contributed by atoms with Crippen molar-refractivity contribution in [3.05, 3.63) is 109 Å². The Morgan fingerprint density at radius 1 is 0.921 bits per heavy atom. The largest absolute Gasteiger partial charge is 0.445 e.